The van der Waals surface area contributed by atoms with E-state index in [-0.39, 0.29) is 67.2 Å². The molecule has 7 rings (SSSR count). The Bertz CT molecular complexity index is 2530. The molecule has 0 radical (unpaired) electrons. The van der Waals surface area contributed by atoms with Crippen molar-refractivity contribution in [3.05, 3.63) is 105 Å². The molecule has 2 aromatic carbocycles. The third-order valence-electron chi connectivity index (χ3n) is 11.6. The van der Waals surface area contributed by atoms with Gasteiger partial charge in [0.1, 0.15) is 35.3 Å². The van der Waals surface area contributed by atoms with E-state index in [2.05, 4.69) is 10.1 Å². The summed E-state index contributed by atoms with van der Waals surface area (Å²) in [5.74, 6) is -1.32. The van der Waals surface area contributed by atoms with Crippen molar-refractivity contribution in [2.45, 2.75) is 113 Å². The molecule has 2 unspecified atom stereocenters. The largest absolute Gasteiger partial charge is 0.486 e. The van der Waals surface area contributed by atoms with Gasteiger partial charge < -0.3 is 33.3 Å². The molecule has 2 fully saturated rings. The first-order valence-corrected chi connectivity index (χ1v) is 23.5. The van der Waals surface area contributed by atoms with Crippen molar-refractivity contribution in [2.24, 2.45) is 0 Å². The van der Waals surface area contributed by atoms with Crippen LogP contribution < -0.4 is 4.74 Å². The van der Waals surface area contributed by atoms with E-state index in [1.165, 1.54) is 29.7 Å². The van der Waals surface area contributed by atoms with Gasteiger partial charge in [0.15, 0.2) is 11.4 Å². The molecule has 2 bridgehead atoms. The third-order valence-corrected chi connectivity index (χ3v) is 13.6. The molecule has 0 spiro atoms. The summed E-state index contributed by atoms with van der Waals surface area (Å²) in [6.07, 6.45) is 3.10. The molecule has 4 heterocycles. The van der Waals surface area contributed by atoms with Crippen LogP contribution in [0.3, 0.4) is 0 Å². The van der Waals surface area contributed by atoms with Crippen LogP contribution in [0.4, 0.5) is 18.4 Å². The van der Waals surface area contributed by atoms with E-state index in [4.69, 9.17) is 81.5 Å². The molecular formula is C47H50Cl5F2N5O8. The molecule has 67 heavy (non-hydrogen) atoms. The predicted molar refractivity (Wildman–Crippen MR) is 250 cm³/mol. The number of rotatable bonds is 14. The topological polar surface area (TPSA) is 137 Å². The highest BCUT2D eigenvalue weighted by Crippen LogP contribution is 2.45. The number of halogens is 7. The second-order valence-electron chi connectivity index (χ2n) is 18.2. The second-order valence-corrected chi connectivity index (χ2v) is 21.2. The van der Waals surface area contributed by atoms with Gasteiger partial charge in [-0.15, -0.1) is 0 Å². The molecule has 3 amide bonds. The number of piperazine rings is 1. The number of benzene rings is 2. The molecule has 1 saturated heterocycles. The number of carbonyl (C=O) groups excluding carboxylic acids is 3. The lowest BCUT2D eigenvalue weighted by Crippen LogP contribution is -2.66. The molecular weight excluding hydrogens is 978 g/mol. The molecule has 360 valence electrons. The van der Waals surface area contributed by atoms with E-state index in [0.717, 1.165) is 37.1 Å². The van der Waals surface area contributed by atoms with Gasteiger partial charge in [-0.05, 0) is 114 Å². The van der Waals surface area contributed by atoms with Gasteiger partial charge in [0.05, 0.1) is 27.7 Å². The first-order valence-electron chi connectivity index (χ1n) is 21.6. The van der Waals surface area contributed by atoms with Crippen LogP contribution in [0.2, 0.25) is 10.0 Å². The minimum Gasteiger partial charge on any atom is -0.486 e. The average molecular weight is 1030 g/mol. The maximum absolute atomic E-state index is 15.6. The van der Waals surface area contributed by atoms with E-state index in [9.17, 15) is 18.4 Å². The van der Waals surface area contributed by atoms with Gasteiger partial charge in [-0.2, -0.15) is 0 Å². The highest BCUT2D eigenvalue weighted by atomic mass is 35.6. The number of alkyl halides is 3. The lowest BCUT2D eigenvalue weighted by molar-refractivity contribution is -0.129. The van der Waals surface area contributed by atoms with E-state index in [1.54, 1.807) is 63.2 Å². The van der Waals surface area contributed by atoms with Crippen LogP contribution in [0, 0.1) is 11.6 Å². The zero-order chi connectivity index (χ0) is 48.6. The van der Waals surface area contributed by atoms with Crippen LogP contribution in [0.15, 0.2) is 64.8 Å². The molecule has 1 saturated carbocycles. The van der Waals surface area contributed by atoms with Gasteiger partial charge in [-0.3, -0.25) is 14.7 Å². The monoisotopic (exact) mass is 1030 g/mol. The number of fused-ring (bicyclic) bond motifs is 2. The summed E-state index contributed by atoms with van der Waals surface area (Å²) in [7, 11) is 1.63. The highest BCUT2D eigenvalue weighted by Gasteiger charge is 2.53. The van der Waals surface area contributed by atoms with Crippen molar-refractivity contribution in [3.8, 4) is 17.0 Å². The summed E-state index contributed by atoms with van der Waals surface area (Å²) in [6, 6.07) is 10.3. The van der Waals surface area contributed by atoms with E-state index in [1.807, 2.05) is 6.07 Å². The van der Waals surface area contributed by atoms with Crippen molar-refractivity contribution in [2.75, 3.05) is 26.8 Å². The molecule has 20 heteroatoms. The van der Waals surface area contributed by atoms with E-state index in [0.29, 0.717) is 40.5 Å². The van der Waals surface area contributed by atoms with Crippen molar-refractivity contribution in [3.63, 3.8) is 0 Å². The van der Waals surface area contributed by atoms with Gasteiger partial charge in [0.2, 0.25) is 3.79 Å². The highest BCUT2D eigenvalue weighted by molar-refractivity contribution is 6.68. The summed E-state index contributed by atoms with van der Waals surface area (Å²) in [4.78, 5) is 53.2. The Morgan fingerprint density at radius 2 is 1.63 bits per heavy atom. The fourth-order valence-electron chi connectivity index (χ4n) is 7.98. The fourth-order valence-corrected chi connectivity index (χ4v) is 8.51. The number of hydrogen-bond acceptors (Lipinski definition) is 10. The molecule has 2 aliphatic heterocycles. The van der Waals surface area contributed by atoms with Gasteiger partial charge in [0.25, 0.3) is 5.91 Å². The van der Waals surface area contributed by atoms with Crippen molar-refractivity contribution >= 4 is 81.7 Å². The molecule has 2 aromatic heterocycles. The Kier molecular flexibility index (Phi) is 15.3. The summed E-state index contributed by atoms with van der Waals surface area (Å²) >= 11 is 31.7. The molecule has 3 aliphatic rings. The molecule has 1 aliphatic carbocycles. The minimum absolute atomic E-state index is 0.00379. The van der Waals surface area contributed by atoms with Crippen molar-refractivity contribution < 1.29 is 46.6 Å². The second kappa shape index (κ2) is 20.3. The summed E-state index contributed by atoms with van der Waals surface area (Å²) < 4.78 is 55.1. The normalized spacial score (nSPS) is 17.7. The van der Waals surface area contributed by atoms with Crippen molar-refractivity contribution in [1.29, 1.82) is 0 Å². The summed E-state index contributed by atoms with van der Waals surface area (Å²) in [6.45, 7) is 8.70. The Hall–Kier alpha value is -4.38. The van der Waals surface area contributed by atoms with Gasteiger partial charge in [-0.25, -0.2) is 18.4 Å². The van der Waals surface area contributed by atoms with Gasteiger partial charge in [-0.1, -0.05) is 75.3 Å². The van der Waals surface area contributed by atoms with Crippen LogP contribution in [0.5, 0.6) is 5.75 Å². The van der Waals surface area contributed by atoms with Gasteiger partial charge in [0, 0.05) is 62.9 Å². The Balaban J connectivity index is 1.26. The smallest absolute Gasteiger partial charge is 0.411 e. The fraction of sp³-hybridized carbons (Fsp3) is 0.468. The van der Waals surface area contributed by atoms with Crippen LogP contribution in [-0.2, 0) is 38.6 Å². The molecule has 0 N–H and O–H groups in total. The SMILES string of the molecule is COCCCc1cc(CN(C(=O)C2=C(c3ccc(OCc4cc(-c5c(F)ccc(F)c5Cl)no4)cc3)CC3CN(C(=O)OC(C)(C)C)CC2N3C(=O)OC(C)(C)C(Cl)(Cl)Cl)C2CC2)c(Cl)cn1. The first-order chi connectivity index (χ1) is 31.5. The number of aromatic nitrogens is 2. The molecule has 2 atom stereocenters. The number of methoxy groups -OCH3 is 1. The number of aryl methyl sites for hydroxylation is 1. The number of pyridine rings is 1. The Morgan fingerprint density at radius 3 is 2.28 bits per heavy atom. The number of hydrogen-bond donors (Lipinski definition) is 0. The molecule has 13 nitrogen and oxygen atoms in total. The maximum atomic E-state index is 15.6. The lowest BCUT2D eigenvalue weighted by atomic mass is 9.81. The number of carbonyl (C=O) groups is 3. The van der Waals surface area contributed by atoms with Crippen LogP contribution in [0.1, 0.15) is 82.9 Å². The quantitative estimate of drug-likeness (QED) is 0.0682. The summed E-state index contributed by atoms with van der Waals surface area (Å²) in [5.41, 5.74) is 0.366. The standard InChI is InChI=1S/C47H50Cl5F2N5O8/c1-45(2,3)65-43(61)57-23-30-19-33(26-9-13-31(14-10-26)64-25-32-20-37(56-67-32)40-35(53)15-16-36(54)41(40)49)39(38(24-57)59(30)44(62)66-46(4,5)47(50,51)52)42(60)58(29-11-12-29)22-27-18-28(8-7-17-63-6)55-21-34(27)48/h9-10,13-16,18,20-21,29-30,38H,7-8,11-12,17,19,22-25H2,1-6H3. The predicted octanol–water partition coefficient (Wildman–Crippen LogP) is 11.4. The summed E-state index contributed by atoms with van der Waals surface area (Å²) in [5, 5.41) is 3.83. The number of amides is 3. The van der Waals surface area contributed by atoms with Crippen LogP contribution in [0.25, 0.3) is 16.8 Å². The molecule has 4 aromatic rings. The first kappa shape index (κ1) is 50.5. The minimum atomic E-state index is -2.02. The zero-order valence-electron chi connectivity index (χ0n) is 37.6. The van der Waals surface area contributed by atoms with Gasteiger partial charge >= 0.3 is 12.2 Å². The third kappa shape index (κ3) is 11.7. The number of nitrogens with zero attached hydrogens (tertiary/aromatic N) is 5. The van der Waals surface area contributed by atoms with E-state index >= 15 is 4.79 Å². The number of ether oxygens (including phenoxy) is 4. The van der Waals surface area contributed by atoms with Crippen LogP contribution >= 0.6 is 58.0 Å². The Labute approximate surface area is 412 Å². The Morgan fingerprint density at radius 1 is 0.925 bits per heavy atom. The van der Waals surface area contributed by atoms with Crippen molar-refractivity contribution in [1.82, 2.24) is 24.8 Å². The average Bonchev–Trinajstić information content (AvgIpc) is 3.99. The lowest BCUT2D eigenvalue weighted by Gasteiger charge is -2.51. The maximum Gasteiger partial charge on any atom is 0.411 e. The zero-order valence-corrected chi connectivity index (χ0v) is 41.4. The van der Waals surface area contributed by atoms with Crippen LogP contribution in [-0.4, -0.2) is 103 Å². The van der Waals surface area contributed by atoms with E-state index < -0.39 is 55.9 Å².